The molecule has 0 radical (unpaired) electrons. The van der Waals surface area contributed by atoms with Crippen LogP contribution >= 0.6 is 11.6 Å². The predicted octanol–water partition coefficient (Wildman–Crippen LogP) is 4.84. The maximum absolute atomic E-state index is 13.3. The Bertz CT molecular complexity index is 1100. The lowest BCUT2D eigenvalue weighted by Crippen LogP contribution is -2.16. The Morgan fingerprint density at radius 1 is 1.07 bits per heavy atom. The highest BCUT2D eigenvalue weighted by Gasteiger charge is 2.15. The summed E-state index contributed by atoms with van der Waals surface area (Å²) in [6.07, 6.45) is 5.73. The van der Waals surface area contributed by atoms with Gasteiger partial charge in [-0.2, -0.15) is 5.10 Å². The molecular weight excluding hydrogens is 389 g/mol. The van der Waals surface area contributed by atoms with Crippen LogP contribution in [-0.2, 0) is 19.6 Å². The van der Waals surface area contributed by atoms with Gasteiger partial charge in [-0.25, -0.2) is 14.1 Å². The molecule has 0 bridgehead atoms. The normalized spacial score (nSPS) is 11.1. The fourth-order valence-electron chi connectivity index (χ4n) is 3.25. The van der Waals surface area contributed by atoms with Gasteiger partial charge in [-0.05, 0) is 37.3 Å². The molecule has 4 rings (SSSR count). The van der Waals surface area contributed by atoms with Crippen LogP contribution in [0, 0.1) is 5.82 Å². The van der Waals surface area contributed by atoms with E-state index in [0.717, 1.165) is 34.9 Å². The van der Waals surface area contributed by atoms with E-state index in [-0.39, 0.29) is 5.82 Å². The predicted molar refractivity (Wildman–Crippen MR) is 112 cm³/mol. The second kappa shape index (κ2) is 8.59. The molecule has 0 saturated heterocycles. The average Bonchev–Trinajstić information content (AvgIpc) is 3.36. The monoisotopic (exact) mass is 409 g/mol. The van der Waals surface area contributed by atoms with Gasteiger partial charge in [-0.3, -0.25) is 0 Å². The van der Waals surface area contributed by atoms with E-state index in [1.165, 1.54) is 12.1 Å². The van der Waals surface area contributed by atoms with Crippen LogP contribution in [0.5, 0.6) is 0 Å². The Morgan fingerprint density at radius 2 is 1.86 bits per heavy atom. The zero-order valence-electron chi connectivity index (χ0n) is 16.0. The first-order valence-corrected chi connectivity index (χ1v) is 9.83. The molecule has 0 aliphatic rings. The van der Waals surface area contributed by atoms with E-state index in [0.29, 0.717) is 18.1 Å². The summed E-state index contributed by atoms with van der Waals surface area (Å²) in [5.41, 5.74) is 3.44. The third-order valence-corrected chi connectivity index (χ3v) is 5.08. The minimum absolute atomic E-state index is 0.277. The van der Waals surface area contributed by atoms with Gasteiger partial charge in [0.15, 0.2) is 0 Å². The molecule has 0 fully saturated rings. The van der Waals surface area contributed by atoms with Crippen molar-refractivity contribution in [2.45, 2.75) is 26.6 Å². The number of nitrogens with zero attached hydrogens (tertiary/aromatic N) is 4. The van der Waals surface area contributed by atoms with E-state index < -0.39 is 0 Å². The van der Waals surface area contributed by atoms with Crippen LogP contribution in [0.4, 0.5) is 4.39 Å². The van der Waals surface area contributed by atoms with E-state index in [1.54, 1.807) is 16.8 Å². The number of rotatable bonds is 7. The molecule has 0 spiro atoms. The molecule has 1 N–H and O–H groups in total. The average molecular weight is 410 g/mol. The lowest BCUT2D eigenvalue weighted by atomic mass is 10.1. The topological polar surface area (TPSA) is 47.7 Å². The van der Waals surface area contributed by atoms with Crippen LogP contribution in [0.1, 0.15) is 18.3 Å². The van der Waals surface area contributed by atoms with E-state index in [9.17, 15) is 4.39 Å². The lowest BCUT2D eigenvalue weighted by Gasteiger charge is -2.07. The second-order valence-electron chi connectivity index (χ2n) is 6.64. The number of hydrogen-bond acceptors (Lipinski definition) is 3. The Balaban J connectivity index is 1.63. The summed E-state index contributed by atoms with van der Waals surface area (Å²) >= 11 is 6.43. The smallest absolute Gasteiger partial charge is 0.123 e. The molecule has 5 nitrogen and oxygen atoms in total. The van der Waals surface area contributed by atoms with Crippen LogP contribution in [0.15, 0.2) is 67.1 Å². The first kappa shape index (κ1) is 19.4. The summed E-state index contributed by atoms with van der Waals surface area (Å²) in [6.45, 7) is 4.21. The highest BCUT2D eigenvalue weighted by molar-refractivity contribution is 6.33. The van der Waals surface area contributed by atoms with E-state index in [2.05, 4.69) is 21.8 Å². The van der Waals surface area contributed by atoms with Crippen LogP contribution in [0.25, 0.3) is 16.9 Å². The summed E-state index contributed by atoms with van der Waals surface area (Å²) in [6, 6.07) is 13.9. The van der Waals surface area contributed by atoms with Crippen molar-refractivity contribution >= 4 is 11.6 Å². The zero-order valence-corrected chi connectivity index (χ0v) is 16.8. The van der Waals surface area contributed by atoms with Gasteiger partial charge in [0.25, 0.3) is 0 Å². The van der Waals surface area contributed by atoms with E-state index >= 15 is 0 Å². The number of aryl methyl sites for hydroxylation is 1. The van der Waals surface area contributed by atoms with Crippen LogP contribution in [0.3, 0.4) is 0 Å². The number of imidazole rings is 1. The highest BCUT2D eigenvalue weighted by Crippen LogP contribution is 2.30. The Kier molecular flexibility index (Phi) is 5.74. The van der Waals surface area contributed by atoms with Crippen LogP contribution in [-0.4, -0.2) is 19.3 Å². The molecule has 29 heavy (non-hydrogen) atoms. The Hall–Kier alpha value is -2.96. The third kappa shape index (κ3) is 4.23. The van der Waals surface area contributed by atoms with Crippen molar-refractivity contribution in [1.82, 2.24) is 24.6 Å². The molecule has 0 amide bonds. The number of hydrogen-bond donors (Lipinski definition) is 1. The minimum Gasteiger partial charge on any atom is -0.334 e. The summed E-state index contributed by atoms with van der Waals surface area (Å²) < 4.78 is 17.2. The number of nitrogens with one attached hydrogen (secondary N) is 1. The van der Waals surface area contributed by atoms with Crippen molar-refractivity contribution < 1.29 is 4.39 Å². The van der Waals surface area contributed by atoms with Crippen molar-refractivity contribution in [3.8, 4) is 16.9 Å². The SMILES string of the molecule is CCn1ccnc1CNCc1cn(-c2ccc(F)cc2)nc1-c1ccccc1Cl. The molecule has 148 valence electrons. The van der Waals surface area contributed by atoms with Crippen LogP contribution in [0.2, 0.25) is 5.02 Å². The molecule has 4 aromatic rings. The molecular formula is C22H21ClFN5. The summed E-state index contributed by atoms with van der Waals surface area (Å²) in [5, 5.41) is 8.82. The van der Waals surface area contributed by atoms with Crippen molar-refractivity contribution in [2.75, 3.05) is 0 Å². The summed E-state index contributed by atoms with van der Waals surface area (Å²) in [4.78, 5) is 4.40. The van der Waals surface area contributed by atoms with Crippen molar-refractivity contribution in [3.63, 3.8) is 0 Å². The maximum Gasteiger partial charge on any atom is 0.123 e. The number of aromatic nitrogens is 4. The molecule has 0 aliphatic heterocycles. The van der Waals surface area contributed by atoms with E-state index in [4.69, 9.17) is 16.7 Å². The molecule has 0 saturated carbocycles. The fraction of sp³-hybridized carbons (Fsp3) is 0.182. The molecule has 2 heterocycles. The zero-order chi connectivity index (χ0) is 20.2. The first-order chi connectivity index (χ1) is 14.2. The second-order valence-corrected chi connectivity index (χ2v) is 7.04. The molecule has 0 aliphatic carbocycles. The van der Waals surface area contributed by atoms with Gasteiger partial charge < -0.3 is 9.88 Å². The number of benzene rings is 2. The molecule has 7 heteroatoms. The lowest BCUT2D eigenvalue weighted by molar-refractivity contribution is 0.613. The minimum atomic E-state index is -0.277. The largest absolute Gasteiger partial charge is 0.334 e. The Labute approximate surface area is 173 Å². The van der Waals surface area contributed by atoms with Gasteiger partial charge in [0.05, 0.1) is 22.9 Å². The van der Waals surface area contributed by atoms with Gasteiger partial charge in [-0.15, -0.1) is 0 Å². The highest BCUT2D eigenvalue weighted by atomic mass is 35.5. The van der Waals surface area contributed by atoms with Gasteiger partial charge >= 0.3 is 0 Å². The third-order valence-electron chi connectivity index (χ3n) is 4.75. The van der Waals surface area contributed by atoms with Gasteiger partial charge in [0.2, 0.25) is 0 Å². The van der Waals surface area contributed by atoms with E-state index in [1.807, 2.05) is 42.9 Å². The molecule has 2 aromatic carbocycles. The summed E-state index contributed by atoms with van der Waals surface area (Å²) in [5.74, 6) is 0.707. The van der Waals surface area contributed by atoms with Crippen molar-refractivity contribution in [3.05, 3.63) is 89.3 Å². The van der Waals surface area contributed by atoms with Crippen molar-refractivity contribution in [1.29, 1.82) is 0 Å². The number of halogens is 2. The maximum atomic E-state index is 13.3. The molecule has 0 unspecified atom stereocenters. The summed E-state index contributed by atoms with van der Waals surface area (Å²) in [7, 11) is 0. The van der Waals surface area contributed by atoms with Gasteiger partial charge in [0.1, 0.15) is 11.6 Å². The molecule has 0 atom stereocenters. The fourth-order valence-corrected chi connectivity index (χ4v) is 3.47. The quantitative estimate of drug-likeness (QED) is 0.475. The Morgan fingerprint density at radius 3 is 2.62 bits per heavy atom. The first-order valence-electron chi connectivity index (χ1n) is 9.46. The van der Waals surface area contributed by atoms with Crippen LogP contribution < -0.4 is 5.32 Å². The van der Waals surface area contributed by atoms with Gasteiger partial charge in [-0.1, -0.05) is 29.8 Å². The molecule has 2 aromatic heterocycles. The van der Waals surface area contributed by atoms with Gasteiger partial charge in [0, 0.05) is 42.8 Å². The van der Waals surface area contributed by atoms with Crippen molar-refractivity contribution in [2.24, 2.45) is 0 Å². The standard InChI is InChI=1S/C22H21ClFN5/c1-2-28-12-11-26-21(28)14-25-13-16-15-29(18-9-7-17(24)8-10-18)27-22(16)19-5-3-4-6-20(19)23/h3-12,15,25H,2,13-14H2,1H3.